The molecule has 1 aromatic heterocycles. The monoisotopic (exact) mass is 469 g/mol. The van der Waals surface area contributed by atoms with Gasteiger partial charge in [0, 0.05) is 11.2 Å². The number of aromatic nitrogens is 1. The molecule has 0 radical (unpaired) electrons. The van der Waals surface area contributed by atoms with Crippen molar-refractivity contribution in [2.75, 3.05) is 16.8 Å². The first-order chi connectivity index (χ1) is 15.2. The fourth-order valence-electron chi connectivity index (χ4n) is 2.98. The van der Waals surface area contributed by atoms with E-state index in [1.54, 1.807) is 5.32 Å². The number of ether oxygens (including phenoxy) is 1. The van der Waals surface area contributed by atoms with Crippen molar-refractivity contribution in [1.82, 2.24) is 4.98 Å². The Kier molecular flexibility index (Phi) is 5.43. The van der Waals surface area contributed by atoms with Gasteiger partial charge in [-0.3, -0.25) is 14.5 Å². The number of halogens is 6. The molecule has 0 atom stereocenters. The van der Waals surface area contributed by atoms with Crippen LogP contribution in [0.1, 0.15) is 10.4 Å². The number of anilines is 2. The zero-order chi connectivity index (χ0) is 23.2. The molecule has 3 aromatic rings. The number of nitrogens with one attached hydrogen (secondary N) is 1. The minimum Gasteiger partial charge on any atom is -0.436 e. The summed E-state index contributed by atoms with van der Waals surface area (Å²) < 4.78 is 73.5. The van der Waals surface area contributed by atoms with E-state index in [1.807, 2.05) is 0 Å². The number of hydrogen-bond acceptors (Lipinski definition) is 4. The predicted octanol–water partition coefficient (Wildman–Crippen LogP) is 4.82. The molecular formula is C20H9ClF5N3O3. The zero-order valence-electron chi connectivity index (χ0n) is 15.6. The average molecular weight is 470 g/mol. The van der Waals surface area contributed by atoms with E-state index in [9.17, 15) is 31.5 Å². The molecule has 0 aliphatic carbocycles. The third-order valence-corrected chi connectivity index (χ3v) is 4.68. The van der Waals surface area contributed by atoms with Gasteiger partial charge in [0.1, 0.15) is 17.8 Å². The number of carbonyl (C=O) groups excluding carboxylic acids is 2. The van der Waals surface area contributed by atoms with Crippen LogP contribution < -0.4 is 15.0 Å². The van der Waals surface area contributed by atoms with Gasteiger partial charge in [-0.1, -0.05) is 11.6 Å². The Bertz CT molecular complexity index is 1260. The molecule has 4 rings (SSSR count). The molecule has 1 N–H and O–H groups in total. The van der Waals surface area contributed by atoms with Gasteiger partial charge in [-0.25, -0.2) is 26.9 Å². The highest BCUT2D eigenvalue weighted by molar-refractivity contribution is 6.31. The van der Waals surface area contributed by atoms with E-state index in [4.69, 9.17) is 16.3 Å². The Morgan fingerprint density at radius 1 is 1.03 bits per heavy atom. The smallest absolute Gasteiger partial charge is 0.264 e. The Morgan fingerprint density at radius 2 is 1.69 bits per heavy atom. The van der Waals surface area contributed by atoms with Gasteiger partial charge in [-0.05, 0) is 30.3 Å². The summed E-state index contributed by atoms with van der Waals surface area (Å²) in [6.07, 6.45) is 1.37. The lowest BCUT2D eigenvalue weighted by Crippen LogP contribution is -2.38. The third kappa shape index (κ3) is 3.60. The molecule has 2 amide bonds. The standard InChI is InChI=1S/C20H9ClF5N3O3/c21-8-3-4-11-10(6-8)29(20(31)9-2-1-5-27-19(9)32-11)7-12(30)28-18-16(25)14(23)13(22)15(24)17(18)26/h1-6H,7H2,(H,28,30). The van der Waals surface area contributed by atoms with Gasteiger partial charge in [-0.2, -0.15) is 0 Å². The van der Waals surface area contributed by atoms with Crippen LogP contribution in [0.15, 0.2) is 36.5 Å². The second-order valence-electron chi connectivity index (χ2n) is 6.45. The van der Waals surface area contributed by atoms with Gasteiger partial charge < -0.3 is 10.1 Å². The van der Waals surface area contributed by atoms with Gasteiger partial charge in [0.05, 0.1) is 5.69 Å². The average Bonchev–Trinajstić information content (AvgIpc) is 2.89. The largest absolute Gasteiger partial charge is 0.436 e. The lowest BCUT2D eigenvalue weighted by Gasteiger charge is -2.22. The molecule has 0 spiro atoms. The molecule has 0 fully saturated rings. The maximum Gasteiger partial charge on any atom is 0.264 e. The topological polar surface area (TPSA) is 71.5 Å². The predicted molar refractivity (Wildman–Crippen MR) is 102 cm³/mol. The van der Waals surface area contributed by atoms with Crippen LogP contribution >= 0.6 is 11.6 Å². The van der Waals surface area contributed by atoms with Crippen molar-refractivity contribution in [3.63, 3.8) is 0 Å². The van der Waals surface area contributed by atoms with E-state index >= 15 is 0 Å². The molecule has 0 unspecified atom stereocenters. The van der Waals surface area contributed by atoms with E-state index < -0.39 is 53.1 Å². The molecule has 164 valence electrons. The summed E-state index contributed by atoms with van der Waals surface area (Å²) in [5, 5.41) is 1.80. The van der Waals surface area contributed by atoms with Crippen LogP contribution in [-0.4, -0.2) is 23.3 Å². The van der Waals surface area contributed by atoms with Crippen LogP contribution in [-0.2, 0) is 4.79 Å². The summed E-state index contributed by atoms with van der Waals surface area (Å²) in [4.78, 5) is 30.4. The number of amides is 2. The highest BCUT2D eigenvalue weighted by atomic mass is 35.5. The Labute approximate surface area is 181 Å². The molecular weight excluding hydrogens is 461 g/mol. The van der Waals surface area contributed by atoms with E-state index in [1.165, 1.54) is 36.5 Å². The van der Waals surface area contributed by atoms with Crippen molar-refractivity contribution in [3.8, 4) is 11.6 Å². The zero-order valence-corrected chi connectivity index (χ0v) is 16.3. The first-order valence-corrected chi connectivity index (χ1v) is 9.12. The molecule has 0 bridgehead atoms. The van der Waals surface area contributed by atoms with E-state index in [0.29, 0.717) is 0 Å². The van der Waals surface area contributed by atoms with Gasteiger partial charge in [0.2, 0.25) is 17.6 Å². The minimum atomic E-state index is -2.37. The summed E-state index contributed by atoms with van der Waals surface area (Å²) in [7, 11) is 0. The van der Waals surface area contributed by atoms with Crippen molar-refractivity contribution in [1.29, 1.82) is 0 Å². The first kappa shape index (κ1) is 21.5. The lowest BCUT2D eigenvalue weighted by atomic mass is 10.2. The minimum absolute atomic E-state index is 0.0214. The Morgan fingerprint density at radius 3 is 2.38 bits per heavy atom. The van der Waals surface area contributed by atoms with Crippen molar-refractivity contribution >= 4 is 34.8 Å². The molecule has 32 heavy (non-hydrogen) atoms. The molecule has 0 saturated heterocycles. The lowest BCUT2D eigenvalue weighted by molar-refractivity contribution is -0.115. The maximum atomic E-state index is 13.9. The van der Waals surface area contributed by atoms with Crippen LogP contribution in [0, 0.1) is 29.1 Å². The number of benzene rings is 2. The number of rotatable bonds is 3. The summed E-state index contributed by atoms with van der Waals surface area (Å²) in [5.41, 5.74) is -1.56. The summed E-state index contributed by atoms with van der Waals surface area (Å²) >= 11 is 5.98. The van der Waals surface area contributed by atoms with E-state index in [2.05, 4.69) is 4.98 Å². The van der Waals surface area contributed by atoms with Crippen molar-refractivity contribution in [2.45, 2.75) is 0 Å². The van der Waals surface area contributed by atoms with Crippen LogP contribution in [0.25, 0.3) is 0 Å². The van der Waals surface area contributed by atoms with Crippen LogP contribution in [0.2, 0.25) is 5.02 Å². The second-order valence-corrected chi connectivity index (χ2v) is 6.89. The third-order valence-electron chi connectivity index (χ3n) is 4.44. The number of nitrogens with zero attached hydrogens (tertiary/aromatic N) is 2. The van der Waals surface area contributed by atoms with Crippen molar-refractivity contribution in [2.24, 2.45) is 0 Å². The fraction of sp³-hybridized carbons (Fsp3) is 0.0500. The molecule has 1 aliphatic rings. The maximum absolute atomic E-state index is 13.9. The van der Waals surface area contributed by atoms with Gasteiger partial charge >= 0.3 is 0 Å². The summed E-state index contributed by atoms with van der Waals surface area (Å²) in [5.74, 6) is -13.3. The number of pyridine rings is 1. The highest BCUT2D eigenvalue weighted by Gasteiger charge is 2.32. The van der Waals surface area contributed by atoms with Crippen molar-refractivity contribution < 1.29 is 36.3 Å². The Balaban J connectivity index is 1.72. The molecule has 0 saturated carbocycles. The molecule has 2 aromatic carbocycles. The number of carbonyl (C=O) groups is 2. The van der Waals surface area contributed by atoms with Crippen LogP contribution in [0.5, 0.6) is 11.6 Å². The first-order valence-electron chi connectivity index (χ1n) is 8.74. The molecule has 12 heteroatoms. The SMILES string of the molecule is O=C(CN1C(=O)c2cccnc2Oc2ccc(Cl)cc21)Nc1c(F)c(F)c(F)c(F)c1F. The second kappa shape index (κ2) is 8.08. The molecule has 2 heterocycles. The molecule has 6 nitrogen and oxygen atoms in total. The van der Waals surface area contributed by atoms with Crippen molar-refractivity contribution in [3.05, 3.63) is 76.2 Å². The molecule has 1 aliphatic heterocycles. The number of fused-ring (bicyclic) bond motifs is 2. The van der Waals surface area contributed by atoms with Crippen LogP contribution in [0.3, 0.4) is 0 Å². The van der Waals surface area contributed by atoms with Gasteiger partial charge in [0.25, 0.3) is 5.91 Å². The summed E-state index contributed by atoms with van der Waals surface area (Å²) in [6.45, 7) is -0.872. The van der Waals surface area contributed by atoms with E-state index in [0.717, 1.165) is 4.90 Å². The fourth-order valence-corrected chi connectivity index (χ4v) is 3.14. The van der Waals surface area contributed by atoms with Gasteiger partial charge in [-0.15, -0.1) is 0 Å². The van der Waals surface area contributed by atoms with Crippen LogP contribution in [0.4, 0.5) is 33.3 Å². The van der Waals surface area contributed by atoms with Gasteiger partial charge in [0.15, 0.2) is 29.0 Å². The van der Waals surface area contributed by atoms with E-state index in [-0.39, 0.29) is 27.9 Å². The summed E-state index contributed by atoms with van der Waals surface area (Å²) in [6, 6.07) is 6.96. The Hall–Kier alpha value is -3.73. The number of hydrogen-bond donors (Lipinski definition) is 1. The highest BCUT2D eigenvalue weighted by Crippen LogP contribution is 2.39. The normalized spacial score (nSPS) is 12.6. The quantitative estimate of drug-likeness (QED) is 0.339.